The van der Waals surface area contributed by atoms with Gasteiger partial charge < -0.3 is 15.5 Å². The molecule has 1 heterocycles. The van der Waals surface area contributed by atoms with Gasteiger partial charge in [0.1, 0.15) is 5.75 Å². The van der Waals surface area contributed by atoms with Crippen LogP contribution in [0.1, 0.15) is 49.4 Å². The van der Waals surface area contributed by atoms with Crippen molar-refractivity contribution in [1.29, 1.82) is 0 Å². The van der Waals surface area contributed by atoms with Crippen LogP contribution in [0.4, 0.5) is 0 Å². The van der Waals surface area contributed by atoms with Crippen LogP contribution in [0.25, 0.3) is 0 Å². The maximum absolute atomic E-state index is 11.8. The van der Waals surface area contributed by atoms with Gasteiger partial charge in [0.25, 0.3) is 5.91 Å². The Balaban J connectivity index is 2.38. The fourth-order valence-electron chi connectivity index (χ4n) is 2.21. The number of carbonyl (C=O) groups is 2. The summed E-state index contributed by atoms with van der Waals surface area (Å²) in [5, 5.41) is 20.8. The number of aromatic nitrogens is 1. The standard InChI is InChI=1S/C15H22N2O4/c1-2-3-11(4-5-14(19)20)6-7-17-15(21)12-8-13(18)10-16-9-12/h8-11,18H,2-7H2,1H3,(H,17,21)(H,19,20). The molecular weight excluding hydrogens is 272 g/mol. The Kier molecular flexibility index (Phi) is 7.21. The van der Waals surface area contributed by atoms with Crippen LogP contribution < -0.4 is 5.32 Å². The molecule has 0 aliphatic heterocycles. The smallest absolute Gasteiger partial charge is 0.303 e. The monoisotopic (exact) mass is 294 g/mol. The number of nitrogens with zero attached hydrogens (tertiary/aromatic N) is 1. The summed E-state index contributed by atoms with van der Waals surface area (Å²) in [5.74, 6) is -0.820. The van der Waals surface area contributed by atoms with E-state index in [4.69, 9.17) is 5.11 Å². The predicted molar refractivity (Wildman–Crippen MR) is 78.1 cm³/mol. The Hall–Kier alpha value is -2.11. The van der Waals surface area contributed by atoms with Crippen molar-refractivity contribution in [3.63, 3.8) is 0 Å². The average molecular weight is 294 g/mol. The lowest BCUT2D eigenvalue weighted by Gasteiger charge is -2.15. The first-order valence-corrected chi connectivity index (χ1v) is 7.17. The maximum Gasteiger partial charge on any atom is 0.303 e. The fraction of sp³-hybridized carbons (Fsp3) is 0.533. The summed E-state index contributed by atoms with van der Waals surface area (Å²) in [5.41, 5.74) is 0.313. The molecule has 0 fully saturated rings. The molecule has 1 rings (SSSR count). The van der Waals surface area contributed by atoms with Gasteiger partial charge in [0.15, 0.2) is 0 Å². The molecule has 0 aliphatic carbocycles. The van der Waals surface area contributed by atoms with Crippen molar-refractivity contribution in [3.8, 4) is 5.75 Å². The quantitative estimate of drug-likeness (QED) is 0.648. The van der Waals surface area contributed by atoms with Crippen molar-refractivity contribution >= 4 is 11.9 Å². The molecule has 1 aromatic rings. The maximum atomic E-state index is 11.8. The molecule has 1 aromatic heterocycles. The molecule has 0 bridgehead atoms. The van der Waals surface area contributed by atoms with Crippen LogP contribution in [0.5, 0.6) is 5.75 Å². The minimum absolute atomic E-state index is 0.0482. The molecule has 3 N–H and O–H groups in total. The molecule has 1 atom stereocenters. The number of amides is 1. The summed E-state index contributed by atoms with van der Waals surface area (Å²) >= 11 is 0. The van der Waals surface area contributed by atoms with Crippen LogP contribution in [0.2, 0.25) is 0 Å². The predicted octanol–water partition coefficient (Wildman–Crippen LogP) is 2.19. The number of carboxylic acid groups (broad SMARTS) is 1. The van der Waals surface area contributed by atoms with Crippen molar-refractivity contribution < 1.29 is 19.8 Å². The zero-order valence-corrected chi connectivity index (χ0v) is 12.2. The van der Waals surface area contributed by atoms with Gasteiger partial charge in [-0.1, -0.05) is 19.8 Å². The highest BCUT2D eigenvalue weighted by molar-refractivity contribution is 5.94. The number of aromatic hydroxyl groups is 1. The Bertz CT molecular complexity index is 476. The fourth-order valence-corrected chi connectivity index (χ4v) is 2.21. The number of aliphatic carboxylic acids is 1. The Morgan fingerprint density at radius 1 is 1.29 bits per heavy atom. The lowest BCUT2D eigenvalue weighted by Crippen LogP contribution is -2.26. The zero-order chi connectivity index (χ0) is 15.7. The second-order valence-electron chi connectivity index (χ2n) is 5.06. The highest BCUT2D eigenvalue weighted by Gasteiger charge is 2.12. The minimum atomic E-state index is -0.786. The first-order valence-electron chi connectivity index (χ1n) is 7.17. The van der Waals surface area contributed by atoms with Crippen molar-refractivity contribution in [2.75, 3.05) is 6.54 Å². The molecule has 0 saturated heterocycles. The molecule has 1 amide bonds. The van der Waals surface area contributed by atoms with E-state index < -0.39 is 5.97 Å². The summed E-state index contributed by atoms with van der Waals surface area (Å²) in [6.45, 7) is 2.55. The zero-order valence-electron chi connectivity index (χ0n) is 12.2. The van der Waals surface area contributed by atoms with Gasteiger partial charge in [-0.25, -0.2) is 0 Å². The second kappa shape index (κ2) is 8.94. The van der Waals surface area contributed by atoms with Gasteiger partial charge in [0.2, 0.25) is 0 Å². The number of nitrogens with one attached hydrogen (secondary N) is 1. The van der Waals surface area contributed by atoms with Crippen molar-refractivity contribution in [2.45, 2.75) is 39.0 Å². The van der Waals surface area contributed by atoms with E-state index in [-0.39, 0.29) is 18.1 Å². The van der Waals surface area contributed by atoms with Crippen LogP contribution in [0.15, 0.2) is 18.5 Å². The topological polar surface area (TPSA) is 99.5 Å². The van der Waals surface area contributed by atoms with Gasteiger partial charge >= 0.3 is 5.97 Å². The molecule has 6 heteroatoms. The van der Waals surface area contributed by atoms with Crippen LogP contribution in [-0.2, 0) is 4.79 Å². The van der Waals surface area contributed by atoms with Crippen LogP contribution in [-0.4, -0.2) is 33.6 Å². The van der Waals surface area contributed by atoms with Gasteiger partial charge in [-0.2, -0.15) is 0 Å². The summed E-state index contributed by atoms with van der Waals surface area (Å²) < 4.78 is 0. The molecular formula is C15H22N2O4. The molecule has 6 nitrogen and oxygen atoms in total. The van der Waals surface area contributed by atoms with E-state index in [1.807, 2.05) is 0 Å². The van der Waals surface area contributed by atoms with E-state index in [0.29, 0.717) is 24.4 Å². The number of hydrogen-bond donors (Lipinski definition) is 3. The molecule has 116 valence electrons. The number of rotatable bonds is 9. The van der Waals surface area contributed by atoms with Gasteiger partial charge in [0.05, 0.1) is 11.8 Å². The first kappa shape index (κ1) is 16.9. The van der Waals surface area contributed by atoms with Gasteiger partial charge in [-0.15, -0.1) is 0 Å². The van der Waals surface area contributed by atoms with E-state index in [2.05, 4.69) is 17.2 Å². The van der Waals surface area contributed by atoms with Crippen molar-refractivity contribution in [3.05, 3.63) is 24.0 Å². The molecule has 0 aromatic carbocycles. The number of carboxylic acids is 1. The lowest BCUT2D eigenvalue weighted by molar-refractivity contribution is -0.137. The third kappa shape index (κ3) is 6.74. The second-order valence-corrected chi connectivity index (χ2v) is 5.06. The first-order chi connectivity index (χ1) is 10.0. The Morgan fingerprint density at radius 2 is 2.05 bits per heavy atom. The van der Waals surface area contributed by atoms with Crippen LogP contribution >= 0.6 is 0 Å². The third-order valence-electron chi connectivity index (χ3n) is 3.29. The molecule has 0 aliphatic rings. The average Bonchev–Trinajstić information content (AvgIpc) is 2.44. The third-order valence-corrected chi connectivity index (χ3v) is 3.29. The van der Waals surface area contributed by atoms with E-state index >= 15 is 0 Å². The van der Waals surface area contributed by atoms with Gasteiger partial charge in [-0.05, 0) is 24.8 Å². The minimum Gasteiger partial charge on any atom is -0.506 e. The van der Waals surface area contributed by atoms with E-state index in [1.165, 1.54) is 18.5 Å². The van der Waals surface area contributed by atoms with Gasteiger partial charge in [0, 0.05) is 19.2 Å². The van der Waals surface area contributed by atoms with Crippen LogP contribution in [0.3, 0.4) is 0 Å². The van der Waals surface area contributed by atoms with Crippen molar-refractivity contribution in [2.24, 2.45) is 5.92 Å². The molecule has 1 unspecified atom stereocenters. The van der Waals surface area contributed by atoms with E-state index in [1.54, 1.807) is 0 Å². The number of pyridine rings is 1. The SMILES string of the molecule is CCCC(CCNC(=O)c1cncc(O)c1)CCC(=O)O. The molecule has 0 radical (unpaired) electrons. The van der Waals surface area contributed by atoms with E-state index in [0.717, 1.165) is 19.3 Å². The number of hydrogen-bond acceptors (Lipinski definition) is 4. The summed E-state index contributed by atoms with van der Waals surface area (Å²) in [7, 11) is 0. The summed E-state index contributed by atoms with van der Waals surface area (Å²) in [6.07, 6.45) is 6.15. The lowest BCUT2D eigenvalue weighted by atomic mass is 9.94. The number of carbonyl (C=O) groups excluding carboxylic acids is 1. The molecule has 0 saturated carbocycles. The summed E-state index contributed by atoms with van der Waals surface area (Å²) in [6, 6.07) is 1.36. The van der Waals surface area contributed by atoms with Crippen molar-refractivity contribution in [1.82, 2.24) is 10.3 Å². The highest BCUT2D eigenvalue weighted by Crippen LogP contribution is 2.17. The highest BCUT2D eigenvalue weighted by atomic mass is 16.4. The van der Waals surface area contributed by atoms with Gasteiger partial charge in [-0.3, -0.25) is 14.6 Å². The molecule has 0 spiro atoms. The normalized spacial score (nSPS) is 11.9. The Morgan fingerprint density at radius 3 is 2.67 bits per heavy atom. The largest absolute Gasteiger partial charge is 0.506 e. The molecule has 21 heavy (non-hydrogen) atoms. The van der Waals surface area contributed by atoms with E-state index in [9.17, 15) is 14.7 Å². The van der Waals surface area contributed by atoms with Crippen LogP contribution in [0, 0.1) is 5.92 Å². The Labute approximate surface area is 124 Å². The summed E-state index contributed by atoms with van der Waals surface area (Å²) in [4.78, 5) is 26.2.